The maximum absolute atomic E-state index is 13.4. The zero-order chi connectivity index (χ0) is 16.9. The van der Waals surface area contributed by atoms with Crippen molar-refractivity contribution in [2.45, 2.75) is 31.9 Å². The van der Waals surface area contributed by atoms with Gasteiger partial charge in [0, 0.05) is 6.54 Å². The minimum Gasteiger partial charge on any atom is -0.392 e. The van der Waals surface area contributed by atoms with Crippen molar-refractivity contribution >= 4 is 6.03 Å². The third-order valence-electron chi connectivity index (χ3n) is 4.40. The van der Waals surface area contributed by atoms with Gasteiger partial charge in [0.15, 0.2) is 0 Å². The van der Waals surface area contributed by atoms with Gasteiger partial charge in [0.25, 0.3) is 0 Å². The highest BCUT2D eigenvalue weighted by molar-refractivity contribution is 5.74. The monoisotopic (exact) mass is 328 g/mol. The van der Waals surface area contributed by atoms with Crippen LogP contribution < -0.4 is 10.6 Å². The molecule has 0 saturated heterocycles. The maximum atomic E-state index is 13.4. The van der Waals surface area contributed by atoms with E-state index in [1.165, 1.54) is 12.1 Å². The zero-order valence-corrected chi connectivity index (χ0v) is 13.4. The fourth-order valence-corrected chi connectivity index (χ4v) is 3.06. The Bertz CT molecular complexity index is 716. The van der Waals surface area contributed by atoms with Crippen molar-refractivity contribution in [2.24, 2.45) is 0 Å². The molecule has 1 unspecified atom stereocenters. The van der Waals surface area contributed by atoms with E-state index in [-0.39, 0.29) is 24.5 Å². The molecule has 4 nitrogen and oxygen atoms in total. The molecule has 0 saturated carbocycles. The average molecular weight is 328 g/mol. The number of rotatable bonds is 5. The summed E-state index contributed by atoms with van der Waals surface area (Å²) in [6, 6.07) is 12.0. The normalized spacial score (nSPS) is 15.8. The topological polar surface area (TPSA) is 61.4 Å². The van der Waals surface area contributed by atoms with Crippen molar-refractivity contribution in [1.29, 1.82) is 0 Å². The van der Waals surface area contributed by atoms with Crippen LogP contribution in [0.3, 0.4) is 0 Å². The summed E-state index contributed by atoms with van der Waals surface area (Å²) < 4.78 is 13.4. The molecule has 2 aromatic carbocycles. The first-order valence-corrected chi connectivity index (χ1v) is 8.17. The van der Waals surface area contributed by atoms with E-state index in [0.717, 1.165) is 41.5 Å². The number of carbonyl (C=O) groups is 1. The number of carbonyl (C=O) groups excluding carboxylic acids is 1. The highest BCUT2D eigenvalue weighted by Gasteiger charge is 2.24. The van der Waals surface area contributed by atoms with Gasteiger partial charge in [0.1, 0.15) is 5.82 Å². The summed E-state index contributed by atoms with van der Waals surface area (Å²) in [7, 11) is 0. The Morgan fingerprint density at radius 1 is 1.17 bits per heavy atom. The first kappa shape index (κ1) is 16.5. The highest BCUT2D eigenvalue weighted by atomic mass is 19.1. The number of amides is 2. The minimum absolute atomic E-state index is 0.0321. The van der Waals surface area contributed by atoms with Crippen LogP contribution in [0.25, 0.3) is 0 Å². The number of aryl methyl sites for hydroxylation is 1. The molecule has 1 aliphatic rings. The second-order valence-electron chi connectivity index (χ2n) is 6.06. The van der Waals surface area contributed by atoms with Crippen LogP contribution in [0.15, 0.2) is 42.5 Å². The Labute approximate surface area is 140 Å². The lowest BCUT2D eigenvalue weighted by Gasteiger charge is -2.15. The van der Waals surface area contributed by atoms with Crippen molar-refractivity contribution < 1.29 is 14.3 Å². The Balaban J connectivity index is 1.47. The predicted octanol–water partition coefficient (Wildman–Crippen LogP) is 2.85. The largest absolute Gasteiger partial charge is 0.392 e. The SMILES string of the molecule is O=C(NCCc1ccc(CO)cc1)NC1CCc2ccc(F)cc21. The minimum atomic E-state index is -0.269. The predicted molar refractivity (Wildman–Crippen MR) is 90.1 cm³/mol. The molecule has 5 heteroatoms. The summed E-state index contributed by atoms with van der Waals surface area (Å²) in [6.07, 6.45) is 2.38. The van der Waals surface area contributed by atoms with Crippen molar-refractivity contribution in [3.8, 4) is 0 Å². The average Bonchev–Trinajstić information content (AvgIpc) is 2.97. The van der Waals surface area contributed by atoms with Gasteiger partial charge in [-0.1, -0.05) is 30.3 Å². The van der Waals surface area contributed by atoms with E-state index in [4.69, 9.17) is 5.11 Å². The van der Waals surface area contributed by atoms with Gasteiger partial charge in [0.05, 0.1) is 12.6 Å². The van der Waals surface area contributed by atoms with Crippen LogP contribution in [-0.2, 0) is 19.4 Å². The number of aliphatic hydroxyl groups excluding tert-OH is 1. The van der Waals surface area contributed by atoms with Gasteiger partial charge in [-0.05, 0) is 53.6 Å². The lowest BCUT2D eigenvalue weighted by molar-refractivity contribution is 0.237. The van der Waals surface area contributed by atoms with Gasteiger partial charge in [-0.15, -0.1) is 0 Å². The first-order valence-electron chi connectivity index (χ1n) is 8.17. The van der Waals surface area contributed by atoms with Gasteiger partial charge in [-0.2, -0.15) is 0 Å². The molecule has 0 heterocycles. The molecule has 0 aliphatic heterocycles. The molecule has 0 bridgehead atoms. The molecule has 3 N–H and O–H groups in total. The molecule has 2 aromatic rings. The Morgan fingerprint density at radius 3 is 2.67 bits per heavy atom. The van der Waals surface area contributed by atoms with Crippen molar-refractivity contribution in [3.05, 3.63) is 70.5 Å². The lowest BCUT2D eigenvalue weighted by atomic mass is 10.1. The molecule has 1 aliphatic carbocycles. The number of benzene rings is 2. The van der Waals surface area contributed by atoms with Crippen LogP contribution in [0.2, 0.25) is 0 Å². The first-order chi connectivity index (χ1) is 11.7. The molecular formula is C19H21FN2O2. The van der Waals surface area contributed by atoms with Crippen LogP contribution in [0.5, 0.6) is 0 Å². The summed E-state index contributed by atoms with van der Waals surface area (Å²) in [6.45, 7) is 0.553. The fourth-order valence-electron chi connectivity index (χ4n) is 3.06. The summed E-state index contributed by atoms with van der Waals surface area (Å²) in [5, 5.41) is 14.8. The highest BCUT2D eigenvalue weighted by Crippen LogP contribution is 2.31. The van der Waals surface area contributed by atoms with E-state index in [9.17, 15) is 9.18 Å². The Kier molecular flexibility index (Phi) is 5.11. The molecule has 1 atom stereocenters. The summed E-state index contributed by atoms with van der Waals surface area (Å²) >= 11 is 0. The molecular weight excluding hydrogens is 307 g/mol. The standard InChI is InChI=1S/C19H21FN2O2/c20-16-7-5-15-6-8-18(17(15)11-16)22-19(24)21-10-9-13-1-3-14(12-23)4-2-13/h1-5,7,11,18,23H,6,8-10,12H2,(H2,21,22,24). The van der Waals surface area contributed by atoms with Gasteiger partial charge in [-0.3, -0.25) is 0 Å². The second kappa shape index (κ2) is 7.45. The molecule has 126 valence electrons. The van der Waals surface area contributed by atoms with Crippen LogP contribution in [0.1, 0.15) is 34.7 Å². The van der Waals surface area contributed by atoms with Crippen molar-refractivity contribution in [1.82, 2.24) is 10.6 Å². The molecule has 24 heavy (non-hydrogen) atoms. The van der Waals surface area contributed by atoms with E-state index in [0.29, 0.717) is 6.54 Å². The molecule has 0 radical (unpaired) electrons. The molecule has 2 amide bonds. The number of urea groups is 1. The summed E-state index contributed by atoms with van der Waals surface area (Å²) in [5.41, 5.74) is 3.95. The van der Waals surface area contributed by atoms with Crippen LogP contribution in [0, 0.1) is 5.82 Å². The third-order valence-corrected chi connectivity index (χ3v) is 4.40. The van der Waals surface area contributed by atoms with Crippen LogP contribution in [0.4, 0.5) is 9.18 Å². The smallest absolute Gasteiger partial charge is 0.315 e. The molecule has 0 aromatic heterocycles. The summed E-state index contributed by atoms with van der Waals surface area (Å²) in [5.74, 6) is -0.269. The zero-order valence-electron chi connectivity index (χ0n) is 13.4. The molecule has 0 spiro atoms. The number of fused-ring (bicyclic) bond motifs is 1. The number of nitrogens with one attached hydrogen (secondary N) is 2. The van der Waals surface area contributed by atoms with E-state index >= 15 is 0 Å². The van der Waals surface area contributed by atoms with Crippen molar-refractivity contribution in [2.75, 3.05) is 6.54 Å². The third kappa shape index (κ3) is 3.92. The van der Waals surface area contributed by atoms with Gasteiger partial charge < -0.3 is 15.7 Å². The number of aliphatic hydroxyl groups is 1. The summed E-state index contributed by atoms with van der Waals surface area (Å²) in [4.78, 5) is 12.0. The van der Waals surface area contributed by atoms with E-state index < -0.39 is 0 Å². The molecule has 3 rings (SSSR count). The van der Waals surface area contributed by atoms with Crippen LogP contribution >= 0.6 is 0 Å². The van der Waals surface area contributed by atoms with E-state index in [2.05, 4.69) is 10.6 Å². The second-order valence-corrected chi connectivity index (χ2v) is 6.06. The Hall–Kier alpha value is -2.40. The molecule has 0 fully saturated rings. The lowest BCUT2D eigenvalue weighted by Crippen LogP contribution is -2.38. The van der Waals surface area contributed by atoms with Gasteiger partial charge in [-0.25, -0.2) is 9.18 Å². The van der Waals surface area contributed by atoms with Gasteiger partial charge >= 0.3 is 6.03 Å². The quantitative estimate of drug-likeness (QED) is 0.790. The maximum Gasteiger partial charge on any atom is 0.315 e. The number of hydrogen-bond donors (Lipinski definition) is 3. The number of hydrogen-bond acceptors (Lipinski definition) is 2. The van der Waals surface area contributed by atoms with Gasteiger partial charge in [0.2, 0.25) is 0 Å². The van der Waals surface area contributed by atoms with E-state index in [1.54, 1.807) is 6.07 Å². The van der Waals surface area contributed by atoms with Crippen LogP contribution in [-0.4, -0.2) is 17.7 Å². The van der Waals surface area contributed by atoms with E-state index in [1.807, 2.05) is 24.3 Å². The fraction of sp³-hybridized carbons (Fsp3) is 0.316. The number of halogens is 1. The Morgan fingerprint density at radius 2 is 1.92 bits per heavy atom. The van der Waals surface area contributed by atoms with Crippen molar-refractivity contribution in [3.63, 3.8) is 0 Å².